The van der Waals surface area contributed by atoms with Gasteiger partial charge in [-0.2, -0.15) is 0 Å². The zero-order chi connectivity index (χ0) is 13.1. The van der Waals surface area contributed by atoms with Gasteiger partial charge in [0.15, 0.2) is 0 Å². The zero-order valence-electron chi connectivity index (χ0n) is 11.9. The zero-order valence-corrected chi connectivity index (χ0v) is 11.9. The number of benzene rings is 1. The van der Waals surface area contributed by atoms with Gasteiger partial charge in [-0.25, -0.2) is 0 Å². The van der Waals surface area contributed by atoms with Gasteiger partial charge in [0.05, 0.1) is 6.61 Å². The Kier molecular flexibility index (Phi) is 4.07. The van der Waals surface area contributed by atoms with Crippen LogP contribution in [0.1, 0.15) is 57.1 Å². The van der Waals surface area contributed by atoms with E-state index in [-0.39, 0.29) is 0 Å². The fourth-order valence-electron chi connectivity index (χ4n) is 3.60. The molecule has 104 valence electrons. The molecule has 2 unspecified atom stereocenters. The third kappa shape index (κ3) is 2.94. The molecule has 3 rings (SSSR count). The fourth-order valence-corrected chi connectivity index (χ4v) is 3.60. The number of rotatable bonds is 3. The van der Waals surface area contributed by atoms with Crippen molar-refractivity contribution < 1.29 is 4.74 Å². The van der Waals surface area contributed by atoms with Gasteiger partial charge in [-0.1, -0.05) is 37.5 Å². The molecule has 1 heterocycles. The largest absolute Gasteiger partial charge is 0.493 e. The number of hydrogen-bond acceptors (Lipinski definition) is 2. The van der Waals surface area contributed by atoms with E-state index in [1.54, 1.807) is 0 Å². The molecule has 0 amide bonds. The molecule has 2 heteroatoms. The first-order valence-electron chi connectivity index (χ1n) is 7.82. The molecule has 1 aromatic carbocycles. The summed E-state index contributed by atoms with van der Waals surface area (Å²) in [5.41, 5.74) is 1.34. The molecular weight excluding hydrogens is 234 g/mol. The van der Waals surface area contributed by atoms with Crippen molar-refractivity contribution in [1.82, 2.24) is 5.32 Å². The Morgan fingerprint density at radius 3 is 2.74 bits per heavy atom. The van der Waals surface area contributed by atoms with Gasteiger partial charge in [0.2, 0.25) is 0 Å². The number of nitrogens with one attached hydrogen (secondary N) is 1. The highest BCUT2D eigenvalue weighted by molar-refractivity contribution is 5.37. The molecule has 0 radical (unpaired) electrons. The number of fused-ring (bicyclic) bond motifs is 1. The molecule has 0 spiro atoms. The second-order valence-corrected chi connectivity index (χ2v) is 6.08. The van der Waals surface area contributed by atoms with E-state index in [2.05, 4.69) is 36.5 Å². The summed E-state index contributed by atoms with van der Waals surface area (Å²) in [5.74, 6) is 1.94. The summed E-state index contributed by atoms with van der Waals surface area (Å²) in [6.45, 7) is 3.21. The average molecular weight is 259 g/mol. The lowest BCUT2D eigenvalue weighted by Gasteiger charge is -2.34. The van der Waals surface area contributed by atoms with Crippen molar-refractivity contribution in [2.24, 2.45) is 5.92 Å². The van der Waals surface area contributed by atoms with Crippen LogP contribution in [0.15, 0.2) is 24.3 Å². The van der Waals surface area contributed by atoms with Crippen LogP contribution < -0.4 is 10.1 Å². The van der Waals surface area contributed by atoms with Crippen LogP contribution in [-0.2, 0) is 0 Å². The highest BCUT2D eigenvalue weighted by Crippen LogP contribution is 2.33. The lowest BCUT2D eigenvalue weighted by Crippen LogP contribution is -2.39. The van der Waals surface area contributed by atoms with Crippen LogP contribution in [0.25, 0.3) is 0 Å². The Bertz CT molecular complexity index is 411. The quantitative estimate of drug-likeness (QED) is 0.883. The monoisotopic (exact) mass is 259 g/mol. The highest BCUT2D eigenvalue weighted by Gasteiger charge is 2.26. The predicted octanol–water partition coefficient (Wildman–Crippen LogP) is 4.07. The second-order valence-electron chi connectivity index (χ2n) is 6.08. The van der Waals surface area contributed by atoms with Gasteiger partial charge in [0.25, 0.3) is 0 Å². The Balaban J connectivity index is 1.66. The van der Waals surface area contributed by atoms with Crippen molar-refractivity contribution in [2.45, 2.75) is 57.5 Å². The minimum atomic E-state index is 0.474. The van der Waals surface area contributed by atoms with Gasteiger partial charge in [0, 0.05) is 24.1 Å². The summed E-state index contributed by atoms with van der Waals surface area (Å²) in [6, 6.07) is 9.58. The third-order valence-electron chi connectivity index (χ3n) is 4.78. The molecule has 2 aliphatic rings. The van der Waals surface area contributed by atoms with Crippen molar-refractivity contribution in [3.05, 3.63) is 29.8 Å². The van der Waals surface area contributed by atoms with Gasteiger partial charge in [0.1, 0.15) is 5.75 Å². The van der Waals surface area contributed by atoms with E-state index in [9.17, 15) is 0 Å². The molecule has 1 aliphatic heterocycles. The van der Waals surface area contributed by atoms with Gasteiger partial charge in [-0.3, -0.25) is 0 Å². The van der Waals surface area contributed by atoms with Crippen LogP contribution in [0.5, 0.6) is 5.75 Å². The van der Waals surface area contributed by atoms with Crippen molar-refractivity contribution >= 4 is 0 Å². The second kappa shape index (κ2) is 5.96. The Labute approximate surface area is 116 Å². The molecule has 0 saturated heterocycles. The first kappa shape index (κ1) is 13.0. The van der Waals surface area contributed by atoms with E-state index in [1.165, 1.54) is 37.7 Å². The smallest absolute Gasteiger partial charge is 0.124 e. The van der Waals surface area contributed by atoms with Gasteiger partial charge >= 0.3 is 0 Å². The molecular formula is C17H25NO. The maximum absolute atomic E-state index is 5.74. The van der Waals surface area contributed by atoms with E-state index in [0.29, 0.717) is 12.1 Å². The molecule has 1 aliphatic carbocycles. The standard InChI is InChI=1S/C17H25NO/c1-13(14-7-3-2-4-8-14)18-16-11-12-19-17-10-6-5-9-15(16)17/h5-6,9-10,13-14,16,18H,2-4,7-8,11-12H2,1H3. The van der Waals surface area contributed by atoms with Crippen LogP contribution in [0.4, 0.5) is 0 Å². The van der Waals surface area contributed by atoms with Crippen LogP contribution in [0.3, 0.4) is 0 Å². The molecule has 1 fully saturated rings. The van der Waals surface area contributed by atoms with E-state index >= 15 is 0 Å². The summed E-state index contributed by atoms with van der Waals surface area (Å²) in [4.78, 5) is 0. The molecule has 1 N–H and O–H groups in total. The van der Waals surface area contributed by atoms with Gasteiger partial charge in [-0.05, 0) is 31.7 Å². The Morgan fingerprint density at radius 2 is 1.89 bits per heavy atom. The summed E-state index contributed by atoms with van der Waals surface area (Å²) in [5, 5.41) is 3.86. The number of para-hydroxylation sites is 1. The topological polar surface area (TPSA) is 21.3 Å². The lowest BCUT2D eigenvalue weighted by molar-refractivity contribution is 0.216. The maximum Gasteiger partial charge on any atom is 0.124 e. The van der Waals surface area contributed by atoms with E-state index in [1.807, 2.05) is 0 Å². The van der Waals surface area contributed by atoms with E-state index in [4.69, 9.17) is 4.74 Å². The van der Waals surface area contributed by atoms with Gasteiger partial charge < -0.3 is 10.1 Å². The number of hydrogen-bond donors (Lipinski definition) is 1. The Hall–Kier alpha value is -1.02. The van der Waals surface area contributed by atoms with E-state index in [0.717, 1.165) is 24.7 Å². The molecule has 0 bridgehead atoms. The van der Waals surface area contributed by atoms with Crippen LogP contribution in [0.2, 0.25) is 0 Å². The molecule has 19 heavy (non-hydrogen) atoms. The number of ether oxygens (including phenoxy) is 1. The van der Waals surface area contributed by atoms with Crippen LogP contribution >= 0.6 is 0 Å². The van der Waals surface area contributed by atoms with Crippen LogP contribution in [0, 0.1) is 5.92 Å². The Morgan fingerprint density at radius 1 is 1.11 bits per heavy atom. The molecule has 2 nitrogen and oxygen atoms in total. The minimum Gasteiger partial charge on any atom is -0.493 e. The van der Waals surface area contributed by atoms with E-state index < -0.39 is 0 Å². The minimum absolute atomic E-state index is 0.474. The van der Waals surface area contributed by atoms with Crippen molar-refractivity contribution in [3.63, 3.8) is 0 Å². The van der Waals surface area contributed by atoms with Crippen molar-refractivity contribution in [3.8, 4) is 5.75 Å². The SMILES string of the molecule is CC(NC1CCOc2ccccc21)C1CCCCC1. The maximum atomic E-state index is 5.74. The average Bonchev–Trinajstić information content (AvgIpc) is 2.48. The summed E-state index contributed by atoms with van der Waals surface area (Å²) in [7, 11) is 0. The van der Waals surface area contributed by atoms with Crippen molar-refractivity contribution in [2.75, 3.05) is 6.61 Å². The summed E-state index contributed by atoms with van der Waals surface area (Å²) < 4.78 is 5.74. The summed E-state index contributed by atoms with van der Waals surface area (Å²) >= 11 is 0. The normalized spacial score (nSPS) is 25.4. The summed E-state index contributed by atoms with van der Waals surface area (Å²) in [6.07, 6.45) is 8.16. The van der Waals surface area contributed by atoms with Crippen molar-refractivity contribution in [1.29, 1.82) is 0 Å². The predicted molar refractivity (Wildman–Crippen MR) is 78.5 cm³/mol. The highest BCUT2D eigenvalue weighted by atomic mass is 16.5. The lowest BCUT2D eigenvalue weighted by atomic mass is 9.84. The third-order valence-corrected chi connectivity index (χ3v) is 4.78. The van der Waals surface area contributed by atoms with Gasteiger partial charge in [-0.15, -0.1) is 0 Å². The molecule has 2 atom stereocenters. The first-order valence-corrected chi connectivity index (χ1v) is 7.82. The van der Waals surface area contributed by atoms with Crippen LogP contribution in [-0.4, -0.2) is 12.6 Å². The fraction of sp³-hybridized carbons (Fsp3) is 0.647. The molecule has 1 aromatic rings. The molecule has 1 saturated carbocycles. The first-order chi connectivity index (χ1) is 9.34. The molecule has 0 aromatic heterocycles.